The van der Waals surface area contributed by atoms with E-state index in [4.69, 9.17) is 4.74 Å². The summed E-state index contributed by atoms with van der Waals surface area (Å²) >= 11 is 3.19. The molecule has 0 N–H and O–H groups in total. The van der Waals surface area contributed by atoms with E-state index >= 15 is 0 Å². The van der Waals surface area contributed by atoms with Gasteiger partial charge in [-0.25, -0.2) is 0 Å². The Bertz CT molecular complexity index is 788. The quantitative estimate of drug-likeness (QED) is 0.433. The van der Waals surface area contributed by atoms with Gasteiger partial charge in [0.05, 0.1) is 0 Å². The van der Waals surface area contributed by atoms with Gasteiger partial charge in [0.15, 0.2) is 17.2 Å². The zero-order valence-corrected chi connectivity index (χ0v) is 19.6. The molecular formula is C24H33BrO4. The zero-order valence-electron chi connectivity index (χ0n) is 18.1. The largest absolute Gasteiger partial charge is 0.450 e. The summed E-state index contributed by atoms with van der Waals surface area (Å²) in [6.45, 7) is 8.44. The van der Waals surface area contributed by atoms with Crippen molar-refractivity contribution in [2.75, 3.05) is 5.33 Å². The molecule has 160 valence electrons. The highest BCUT2D eigenvalue weighted by Gasteiger charge is 2.68. The van der Waals surface area contributed by atoms with Crippen LogP contribution in [0.1, 0.15) is 72.6 Å². The van der Waals surface area contributed by atoms with Gasteiger partial charge < -0.3 is 4.74 Å². The summed E-state index contributed by atoms with van der Waals surface area (Å²) in [7, 11) is 0. The van der Waals surface area contributed by atoms with Gasteiger partial charge in [0, 0.05) is 11.8 Å². The standard InChI is InChI=1S/C24H33BrO4/c1-14-11-17-18(22(3)8-5-16(27)12-20(14)22)6-9-23(4)19(17)7-10-24(23,15(2)26)29-21(28)13-25/h12,14,17-19H,5-11,13H2,1-4H3/t14-,17+,18-,19-,22+,23-,24-/m0/s1. The molecule has 7 atom stereocenters. The number of hydrogen-bond acceptors (Lipinski definition) is 4. The molecule has 5 heteroatoms. The molecule has 0 radical (unpaired) electrons. The first-order valence-corrected chi connectivity index (χ1v) is 12.2. The monoisotopic (exact) mass is 464 g/mol. The van der Waals surface area contributed by atoms with Crippen molar-refractivity contribution >= 4 is 33.5 Å². The molecule has 0 aromatic carbocycles. The van der Waals surface area contributed by atoms with E-state index < -0.39 is 5.60 Å². The second-order valence-corrected chi connectivity index (χ2v) is 11.0. The Labute approximate surface area is 182 Å². The van der Waals surface area contributed by atoms with Crippen molar-refractivity contribution in [3.8, 4) is 0 Å². The van der Waals surface area contributed by atoms with Crippen LogP contribution >= 0.6 is 15.9 Å². The molecule has 3 fully saturated rings. The van der Waals surface area contributed by atoms with Gasteiger partial charge in [-0.1, -0.05) is 42.3 Å². The number of ketones is 2. The smallest absolute Gasteiger partial charge is 0.317 e. The highest BCUT2D eigenvalue weighted by molar-refractivity contribution is 9.09. The fraction of sp³-hybridized carbons (Fsp3) is 0.792. The first-order chi connectivity index (χ1) is 13.6. The van der Waals surface area contributed by atoms with Gasteiger partial charge in [0.2, 0.25) is 0 Å². The summed E-state index contributed by atoms with van der Waals surface area (Å²) in [5.74, 6) is 1.77. The molecule has 0 aliphatic heterocycles. The number of Topliss-reactive ketones (excluding diaryl/α,β-unsaturated/α-hetero) is 1. The maximum atomic E-state index is 12.9. The Morgan fingerprint density at radius 3 is 2.52 bits per heavy atom. The van der Waals surface area contributed by atoms with Gasteiger partial charge in [0.25, 0.3) is 0 Å². The van der Waals surface area contributed by atoms with Crippen molar-refractivity contribution in [3.05, 3.63) is 11.6 Å². The predicted molar refractivity (Wildman–Crippen MR) is 115 cm³/mol. The third-order valence-electron chi connectivity index (χ3n) is 9.36. The molecule has 0 saturated heterocycles. The van der Waals surface area contributed by atoms with Crippen LogP contribution in [0.25, 0.3) is 0 Å². The summed E-state index contributed by atoms with van der Waals surface area (Å²) in [6, 6.07) is 0. The topological polar surface area (TPSA) is 60.4 Å². The van der Waals surface area contributed by atoms with E-state index in [1.165, 1.54) is 5.57 Å². The van der Waals surface area contributed by atoms with E-state index in [9.17, 15) is 14.4 Å². The molecule has 29 heavy (non-hydrogen) atoms. The van der Waals surface area contributed by atoms with Gasteiger partial charge in [-0.3, -0.25) is 14.4 Å². The molecule has 0 amide bonds. The first-order valence-electron chi connectivity index (χ1n) is 11.1. The van der Waals surface area contributed by atoms with Crippen LogP contribution in [0.2, 0.25) is 0 Å². The second kappa shape index (κ2) is 7.03. The number of hydrogen-bond donors (Lipinski definition) is 0. The summed E-state index contributed by atoms with van der Waals surface area (Å²) < 4.78 is 5.94. The molecule has 4 rings (SSSR count). The minimum absolute atomic E-state index is 0.00540. The van der Waals surface area contributed by atoms with Crippen molar-refractivity contribution in [1.82, 2.24) is 0 Å². The molecule has 3 saturated carbocycles. The Morgan fingerprint density at radius 1 is 1.17 bits per heavy atom. The molecule has 0 heterocycles. The lowest BCUT2D eigenvalue weighted by Gasteiger charge is -2.60. The maximum Gasteiger partial charge on any atom is 0.317 e. The molecular weight excluding hydrogens is 432 g/mol. The van der Waals surface area contributed by atoms with Crippen LogP contribution < -0.4 is 0 Å². The van der Waals surface area contributed by atoms with Crippen LogP contribution in [0, 0.1) is 34.5 Å². The van der Waals surface area contributed by atoms with Crippen molar-refractivity contribution in [1.29, 1.82) is 0 Å². The molecule has 0 aromatic heterocycles. The lowest BCUT2D eigenvalue weighted by Crippen LogP contribution is -2.59. The number of halogens is 1. The molecule has 4 aliphatic rings. The van der Waals surface area contributed by atoms with E-state index in [-0.39, 0.29) is 33.7 Å². The van der Waals surface area contributed by atoms with E-state index in [2.05, 4.69) is 36.7 Å². The predicted octanol–water partition coefficient (Wildman–Crippen LogP) is 5.03. The minimum atomic E-state index is -0.990. The lowest BCUT2D eigenvalue weighted by molar-refractivity contribution is -0.187. The molecule has 4 nitrogen and oxygen atoms in total. The molecule has 0 spiro atoms. The normalized spacial score (nSPS) is 46.2. The van der Waals surface area contributed by atoms with Crippen molar-refractivity contribution < 1.29 is 19.1 Å². The van der Waals surface area contributed by atoms with Crippen molar-refractivity contribution in [2.24, 2.45) is 34.5 Å². The second-order valence-electron chi connectivity index (χ2n) is 10.5. The highest BCUT2D eigenvalue weighted by atomic mass is 79.9. The van der Waals surface area contributed by atoms with Crippen LogP contribution in [0.15, 0.2) is 11.6 Å². The van der Waals surface area contributed by atoms with Gasteiger partial charge in [0.1, 0.15) is 5.33 Å². The average molecular weight is 465 g/mol. The molecule has 0 bridgehead atoms. The summed E-state index contributed by atoms with van der Waals surface area (Å²) in [6.07, 6.45) is 8.13. The Morgan fingerprint density at radius 2 is 1.86 bits per heavy atom. The minimum Gasteiger partial charge on any atom is -0.450 e. The lowest BCUT2D eigenvalue weighted by atomic mass is 9.44. The third kappa shape index (κ3) is 2.85. The van der Waals surface area contributed by atoms with Crippen LogP contribution in [-0.4, -0.2) is 28.5 Å². The van der Waals surface area contributed by atoms with Gasteiger partial charge in [-0.05, 0) is 80.6 Å². The summed E-state index contributed by atoms with van der Waals surface area (Å²) in [4.78, 5) is 37.3. The number of rotatable bonds is 3. The first kappa shape index (κ1) is 21.3. The van der Waals surface area contributed by atoms with E-state index in [0.29, 0.717) is 36.5 Å². The van der Waals surface area contributed by atoms with Crippen molar-refractivity contribution in [3.63, 3.8) is 0 Å². The number of esters is 1. The summed E-state index contributed by atoms with van der Waals surface area (Å²) in [5, 5.41) is 0.117. The zero-order chi connectivity index (χ0) is 21.2. The average Bonchev–Trinajstić information content (AvgIpc) is 2.97. The molecule has 0 unspecified atom stereocenters. The van der Waals surface area contributed by atoms with E-state index in [0.717, 1.165) is 32.1 Å². The van der Waals surface area contributed by atoms with E-state index in [1.54, 1.807) is 6.92 Å². The fourth-order valence-electron chi connectivity index (χ4n) is 8.02. The number of ether oxygens (including phenoxy) is 1. The van der Waals surface area contributed by atoms with Crippen LogP contribution in [-0.2, 0) is 19.1 Å². The molecule has 0 aromatic rings. The number of allylic oxidation sites excluding steroid dienone is 1. The number of carbonyl (C=O) groups excluding carboxylic acids is 3. The highest BCUT2D eigenvalue weighted by Crippen LogP contribution is 2.69. The van der Waals surface area contributed by atoms with Crippen LogP contribution in [0.4, 0.5) is 0 Å². The van der Waals surface area contributed by atoms with Gasteiger partial charge in [-0.2, -0.15) is 0 Å². The Balaban J connectivity index is 1.72. The number of carbonyl (C=O) groups is 3. The fourth-order valence-corrected chi connectivity index (χ4v) is 8.14. The number of fused-ring (bicyclic) bond motifs is 5. The van der Waals surface area contributed by atoms with Crippen LogP contribution in [0.3, 0.4) is 0 Å². The Hall–Kier alpha value is -0.970. The molecule has 4 aliphatic carbocycles. The summed E-state index contributed by atoms with van der Waals surface area (Å²) in [5.41, 5.74) is 0.154. The van der Waals surface area contributed by atoms with E-state index in [1.807, 2.05) is 6.08 Å². The van der Waals surface area contributed by atoms with Crippen molar-refractivity contribution in [2.45, 2.75) is 78.2 Å². The Kier molecular flexibility index (Phi) is 5.16. The van der Waals surface area contributed by atoms with Gasteiger partial charge >= 0.3 is 5.97 Å². The third-order valence-corrected chi connectivity index (χ3v) is 9.82. The van der Waals surface area contributed by atoms with Crippen LogP contribution in [0.5, 0.6) is 0 Å². The number of alkyl halides is 1. The van der Waals surface area contributed by atoms with Gasteiger partial charge in [-0.15, -0.1) is 0 Å². The SMILES string of the molecule is CC(=O)[C@@]1(OC(=O)CBr)CC[C@H]2[C@@H]3C[C@H](C)C4=CC(=O)CC[C@]4(C)[C@H]3CC[C@@]21C. The maximum absolute atomic E-state index is 12.9.